The largest absolute Gasteiger partial charge is 0.491 e. The molecule has 1 N–H and O–H groups in total. The number of Topliss-reactive ketones (excluding diaryl/α,β-unsaturated/α-hetero) is 1. The van der Waals surface area contributed by atoms with Crippen molar-refractivity contribution in [1.82, 2.24) is 19.5 Å². The van der Waals surface area contributed by atoms with E-state index in [0.717, 1.165) is 74.7 Å². The molecule has 64 heavy (non-hydrogen) atoms. The summed E-state index contributed by atoms with van der Waals surface area (Å²) in [4.78, 5) is 66.6. The zero-order chi connectivity index (χ0) is 46.0. The van der Waals surface area contributed by atoms with Gasteiger partial charge >= 0.3 is 5.97 Å². The van der Waals surface area contributed by atoms with E-state index >= 15 is 4.79 Å². The molecule has 7 atom stereocenters. The summed E-state index contributed by atoms with van der Waals surface area (Å²) in [5.41, 5.74) is -0.502. The first-order valence-electron chi connectivity index (χ1n) is 23.6. The lowest BCUT2D eigenvalue weighted by atomic mass is 9.77. The summed E-state index contributed by atoms with van der Waals surface area (Å²) in [6.07, 6.45) is 8.42. The first-order chi connectivity index (χ1) is 30.5. The predicted molar refractivity (Wildman–Crippen MR) is 243 cm³/mol. The summed E-state index contributed by atoms with van der Waals surface area (Å²) in [5.74, 6) is -1.84. The lowest BCUT2D eigenvalue weighted by Crippen LogP contribution is -2.49. The van der Waals surface area contributed by atoms with Gasteiger partial charge in [-0.25, -0.2) is 13.4 Å². The van der Waals surface area contributed by atoms with Crippen molar-refractivity contribution >= 4 is 44.5 Å². The number of hydrogen-bond donors (Lipinski definition) is 1. The van der Waals surface area contributed by atoms with Gasteiger partial charge in [0, 0.05) is 31.9 Å². The number of fused-ring (bicyclic) bond motifs is 5. The average molecular weight is 907 g/mol. The van der Waals surface area contributed by atoms with Gasteiger partial charge in [-0.1, -0.05) is 58.7 Å². The second-order valence-corrected chi connectivity index (χ2v) is 22.4. The molecule has 352 valence electrons. The third-order valence-electron chi connectivity index (χ3n) is 14.8. The topological polar surface area (TPSA) is 171 Å². The van der Waals surface area contributed by atoms with Crippen LogP contribution in [0, 0.1) is 28.6 Å². The number of allylic oxidation sites excluding steroid dienone is 1. The number of ether oxygens (including phenoxy) is 4. The Hall–Kier alpha value is -4.08. The van der Waals surface area contributed by atoms with Crippen LogP contribution >= 0.6 is 0 Å². The minimum absolute atomic E-state index is 0.0327. The fourth-order valence-electron chi connectivity index (χ4n) is 10.3. The number of nitrogens with zero attached hydrogens (tertiary/aromatic N) is 3. The smallest absolute Gasteiger partial charge is 0.306 e. The first-order valence-corrected chi connectivity index (χ1v) is 25.0. The highest BCUT2D eigenvalue weighted by atomic mass is 32.2. The van der Waals surface area contributed by atoms with Gasteiger partial charge in [-0.15, -0.1) is 6.58 Å². The van der Waals surface area contributed by atoms with Gasteiger partial charge in [-0.2, -0.15) is 0 Å². The number of likely N-dealkylation sites (N-methyl/N-ethyl adjacent to an activating group) is 1. The third kappa shape index (κ3) is 10.2. The van der Waals surface area contributed by atoms with Crippen LogP contribution in [0.2, 0.25) is 0 Å². The Kier molecular flexibility index (Phi) is 14.5. The van der Waals surface area contributed by atoms with E-state index in [4.69, 9.17) is 23.9 Å². The van der Waals surface area contributed by atoms with E-state index in [1.54, 1.807) is 6.08 Å². The number of pyridine rings is 1. The van der Waals surface area contributed by atoms with Crippen molar-refractivity contribution < 1.29 is 46.5 Å². The molecule has 14 nitrogen and oxygen atoms in total. The molecule has 2 bridgehead atoms. The molecule has 1 saturated heterocycles. The second-order valence-electron chi connectivity index (χ2n) is 20.3. The molecule has 7 rings (SSSR count). The van der Waals surface area contributed by atoms with Crippen LogP contribution in [-0.2, 0) is 45.1 Å². The number of carbonyl (C=O) groups is 4. The molecule has 1 aromatic heterocycles. The summed E-state index contributed by atoms with van der Waals surface area (Å²) >= 11 is 0. The SMILES string of the molecule is C=CC1C[C@]1(CC(=O)[C@@H]1C[C@@H]2CN1C(=O)[C@H](C(C)(C)C)CC(=O)O[C@@H]1CCC[C@H]1CCCCCc1c(nc3ccccc3c1OCCN(C)CC)O2)C(=O)NS(=O)(=O)C1(COC)CC1. The van der Waals surface area contributed by atoms with Gasteiger partial charge in [0.1, 0.15) is 29.3 Å². The quantitative estimate of drug-likeness (QED) is 0.160. The average Bonchev–Trinajstić information content (AvgIpc) is 4.09. The Balaban J connectivity index is 1.25. The van der Waals surface area contributed by atoms with Crippen molar-refractivity contribution in [3.63, 3.8) is 0 Å². The van der Waals surface area contributed by atoms with Gasteiger partial charge in [0.2, 0.25) is 27.7 Å². The highest BCUT2D eigenvalue weighted by molar-refractivity contribution is 7.91. The van der Waals surface area contributed by atoms with E-state index < -0.39 is 61.5 Å². The lowest BCUT2D eigenvalue weighted by molar-refractivity contribution is -0.158. The van der Waals surface area contributed by atoms with Crippen LogP contribution in [0.25, 0.3) is 10.9 Å². The number of methoxy groups -OCH3 is 1. The van der Waals surface area contributed by atoms with Crippen LogP contribution in [-0.4, -0.2) is 117 Å². The molecule has 15 heteroatoms. The van der Waals surface area contributed by atoms with E-state index in [1.165, 1.54) is 12.0 Å². The van der Waals surface area contributed by atoms with E-state index in [2.05, 4.69) is 30.2 Å². The zero-order valence-corrected chi connectivity index (χ0v) is 39.6. The fourth-order valence-corrected chi connectivity index (χ4v) is 11.9. The van der Waals surface area contributed by atoms with Crippen molar-refractivity contribution in [2.45, 2.75) is 141 Å². The van der Waals surface area contributed by atoms with Crippen molar-refractivity contribution in [3.05, 3.63) is 42.5 Å². The molecule has 2 aromatic rings. The zero-order valence-electron chi connectivity index (χ0n) is 38.8. The Morgan fingerprint density at radius 1 is 1.08 bits per heavy atom. The standard InChI is InChI=1S/C49H70N4O10S/c1-8-33-28-49(33,46(57)51-64(58,59)48(22-23-48)31-60-7)29-40(54)39-26-34-30-53(39)45(56)37(47(3,4)5)27-42(55)63-41-21-15-17-32(41)16-11-10-12-19-36-43(61-25-24-52(6)9-2)35-18-13-14-20-38(35)50-44(36)62-34/h8,13-14,18,20,32-34,37,39,41H,1,9-12,15-17,19,21-31H2,2-7H3,(H,51,57)/t32-,33?,34-,37-,39+,41-,49-/m1/s1. The number of hydrogen-bond acceptors (Lipinski definition) is 12. The van der Waals surface area contributed by atoms with Crippen molar-refractivity contribution in [2.75, 3.05) is 47.0 Å². The number of amides is 2. The Labute approximate surface area is 379 Å². The molecule has 3 saturated carbocycles. The molecule has 4 fully saturated rings. The van der Waals surface area contributed by atoms with Crippen LogP contribution in [0.5, 0.6) is 11.6 Å². The highest BCUT2D eigenvalue weighted by Gasteiger charge is 2.63. The van der Waals surface area contributed by atoms with Gasteiger partial charge < -0.3 is 28.7 Å². The fraction of sp³-hybridized carbons (Fsp3) is 0.694. The molecular weight excluding hydrogens is 837 g/mol. The summed E-state index contributed by atoms with van der Waals surface area (Å²) in [6.45, 7) is 13.8. The van der Waals surface area contributed by atoms with Gasteiger partial charge in [0.05, 0.1) is 48.0 Å². The normalized spacial score (nSPS) is 28.6. The molecule has 3 heterocycles. The third-order valence-corrected chi connectivity index (χ3v) is 16.9. The van der Waals surface area contributed by atoms with Crippen molar-refractivity contribution in [2.24, 2.45) is 28.6 Å². The van der Waals surface area contributed by atoms with Crippen LogP contribution in [0.3, 0.4) is 0 Å². The van der Waals surface area contributed by atoms with Crippen molar-refractivity contribution in [1.29, 1.82) is 0 Å². The number of nitrogens with one attached hydrogen (secondary N) is 1. The Morgan fingerprint density at radius 3 is 2.52 bits per heavy atom. The molecule has 2 aliphatic heterocycles. The lowest BCUT2D eigenvalue weighted by Gasteiger charge is -2.35. The number of rotatable bonds is 14. The van der Waals surface area contributed by atoms with E-state index in [1.807, 2.05) is 45.0 Å². The van der Waals surface area contributed by atoms with Crippen LogP contribution in [0.1, 0.15) is 117 Å². The number of aromatic nitrogens is 1. The van der Waals surface area contributed by atoms with Crippen LogP contribution in [0.15, 0.2) is 36.9 Å². The summed E-state index contributed by atoms with van der Waals surface area (Å²) in [5, 5.41) is 0.882. The minimum atomic E-state index is -4.11. The molecule has 1 aromatic carbocycles. The molecule has 2 amide bonds. The Bertz CT molecular complexity index is 2190. The molecular formula is C49H70N4O10S. The molecule has 0 spiro atoms. The summed E-state index contributed by atoms with van der Waals surface area (Å²) in [6, 6.07) is 6.80. The van der Waals surface area contributed by atoms with Gasteiger partial charge in [-0.05, 0) is 101 Å². The second kappa shape index (κ2) is 19.4. The van der Waals surface area contributed by atoms with E-state index in [-0.39, 0.29) is 62.5 Å². The maximum atomic E-state index is 15.1. The van der Waals surface area contributed by atoms with Gasteiger partial charge in [0.25, 0.3) is 0 Å². The highest BCUT2D eigenvalue weighted by Crippen LogP contribution is 2.57. The number of carbonyl (C=O) groups excluding carboxylic acids is 4. The summed E-state index contributed by atoms with van der Waals surface area (Å²) in [7, 11) is -0.640. The number of benzene rings is 1. The van der Waals surface area contributed by atoms with Crippen molar-refractivity contribution in [3.8, 4) is 11.6 Å². The maximum absolute atomic E-state index is 15.1. The number of para-hydroxylation sites is 1. The molecule has 1 unspecified atom stereocenters. The monoisotopic (exact) mass is 906 g/mol. The number of sulfonamides is 1. The maximum Gasteiger partial charge on any atom is 0.306 e. The first kappa shape index (κ1) is 47.9. The van der Waals surface area contributed by atoms with E-state index in [9.17, 15) is 22.8 Å². The predicted octanol–water partition coefficient (Wildman–Crippen LogP) is 6.57. The molecule has 5 aliphatic rings. The number of ketones is 1. The summed E-state index contributed by atoms with van der Waals surface area (Å²) < 4.78 is 53.1. The Morgan fingerprint density at radius 2 is 1.83 bits per heavy atom. The minimum Gasteiger partial charge on any atom is -0.491 e. The van der Waals surface area contributed by atoms with Gasteiger partial charge in [0.15, 0.2) is 5.78 Å². The number of esters is 1. The van der Waals surface area contributed by atoms with E-state index in [0.29, 0.717) is 37.3 Å². The van der Waals surface area contributed by atoms with Gasteiger partial charge in [-0.3, -0.25) is 23.9 Å². The molecule has 3 aliphatic carbocycles. The molecule has 0 radical (unpaired) electrons. The van der Waals surface area contributed by atoms with Crippen LogP contribution < -0.4 is 14.2 Å². The van der Waals surface area contributed by atoms with Crippen LogP contribution in [0.4, 0.5) is 0 Å².